The molecule has 178 valence electrons. The maximum atomic E-state index is 13.2. The first-order valence-corrected chi connectivity index (χ1v) is 11.9. The average Bonchev–Trinajstić information content (AvgIpc) is 3.44. The number of benzene rings is 4. The van der Waals surface area contributed by atoms with Crippen LogP contribution in [0.1, 0.15) is 27.5 Å². The Hall–Kier alpha value is -4.64. The number of carbonyl (C=O) groups is 1. The number of H-pyrrole nitrogens is 1. The molecule has 0 unspecified atom stereocenters. The molecule has 4 aromatic carbocycles. The maximum Gasteiger partial charge on any atom is 0.251 e. The molecule has 1 aromatic heterocycles. The number of rotatable bonds is 8. The van der Waals surface area contributed by atoms with Crippen molar-refractivity contribution in [3.05, 3.63) is 132 Å². The normalized spacial score (nSPS) is 11.6. The number of hydrogen-bond donors (Lipinski definition) is 2. The number of hydrogen-bond acceptors (Lipinski definition) is 3. The molecule has 5 heteroatoms. The number of ether oxygens (including phenoxy) is 1. The molecule has 0 aliphatic heterocycles. The van der Waals surface area contributed by atoms with E-state index in [1.54, 1.807) is 7.11 Å². The SMILES string of the molecule is COc1cccc(-c2cc(-c3ccc(C(=O)N[C@@H](Cc4ccccc4)c4ccccc4)cc3)[nH]n2)c1. The summed E-state index contributed by atoms with van der Waals surface area (Å²) in [6.07, 6.45) is 0.718. The van der Waals surface area contributed by atoms with Gasteiger partial charge in [-0.3, -0.25) is 9.89 Å². The Labute approximate surface area is 210 Å². The van der Waals surface area contributed by atoms with Crippen molar-refractivity contribution in [1.29, 1.82) is 0 Å². The predicted molar refractivity (Wildman–Crippen MR) is 143 cm³/mol. The number of amides is 1. The quantitative estimate of drug-likeness (QED) is 0.272. The smallest absolute Gasteiger partial charge is 0.251 e. The number of aromatic nitrogens is 2. The van der Waals surface area contributed by atoms with Gasteiger partial charge in [-0.2, -0.15) is 5.10 Å². The van der Waals surface area contributed by atoms with Gasteiger partial charge in [0.25, 0.3) is 5.91 Å². The summed E-state index contributed by atoms with van der Waals surface area (Å²) in [7, 11) is 1.65. The molecular weight excluding hydrogens is 446 g/mol. The highest BCUT2D eigenvalue weighted by Crippen LogP contribution is 2.27. The number of aromatic amines is 1. The maximum absolute atomic E-state index is 13.2. The number of nitrogens with one attached hydrogen (secondary N) is 2. The summed E-state index contributed by atoms with van der Waals surface area (Å²) in [5.41, 5.74) is 6.50. The zero-order valence-corrected chi connectivity index (χ0v) is 20.0. The van der Waals surface area contributed by atoms with Crippen molar-refractivity contribution in [2.75, 3.05) is 7.11 Å². The Morgan fingerprint density at radius 2 is 1.56 bits per heavy atom. The van der Waals surface area contributed by atoms with E-state index in [4.69, 9.17) is 4.74 Å². The molecule has 0 saturated heterocycles. The Kier molecular flexibility index (Phi) is 6.90. The van der Waals surface area contributed by atoms with Crippen LogP contribution >= 0.6 is 0 Å². The summed E-state index contributed by atoms with van der Waals surface area (Å²) >= 11 is 0. The van der Waals surface area contributed by atoms with E-state index in [9.17, 15) is 4.79 Å². The Morgan fingerprint density at radius 3 is 2.28 bits per heavy atom. The van der Waals surface area contributed by atoms with Crippen LogP contribution < -0.4 is 10.1 Å². The second-order valence-corrected chi connectivity index (χ2v) is 8.60. The Balaban J connectivity index is 1.32. The van der Waals surface area contributed by atoms with Gasteiger partial charge in [0.1, 0.15) is 5.75 Å². The number of nitrogens with zero attached hydrogens (tertiary/aromatic N) is 1. The molecule has 1 amide bonds. The minimum Gasteiger partial charge on any atom is -0.497 e. The minimum atomic E-state index is -0.126. The first-order chi connectivity index (χ1) is 17.7. The van der Waals surface area contributed by atoms with Gasteiger partial charge in [0.2, 0.25) is 0 Å². The van der Waals surface area contributed by atoms with Gasteiger partial charge >= 0.3 is 0 Å². The molecule has 1 atom stereocenters. The van der Waals surface area contributed by atoms with Crippen LogP contribution in [0.25, 0.3) is 22.5 Å². The first kappa shape index (κ1) is 23.1. The van der Waals surface area contributed by atoms with Crippen molar-refractivity contribution < 1.29 is 9.53 Å². The third-order valence-corrected chi connectivity index (χ3v) is 6.19. The van der Waals surface area contributed by atoms with Crippen LogP contribution in [-0.2, 0) is 6.42 Å². The van der Waals surface area contributed by atoms with Gasteiger partial charge in [0.15, 0.2) is 0 Å². The second kappa shape index (κ2) is 10.7. The second-order valence-electron chi connectivity index (χ2n) is 8.60. The molecule has 0 bridgehead atoms. The molecule has 2 N–H and O–H groups in total. The zero-order valence-electron chi connectivity index (χ0n) is 20.0. The summed E-state index contributed by atoms with van der Waals surface area (Å²) in [5.74, 6) is 0.682. The highest BCUT2D eigenvalue weighted by Gasteiger charge is 2.17. The Morgan fingerprint density at radius 1 is 0.833 bits per heavy atom. The third-order valence-electron chi connectivity index (χ3n) is 6.19. The molecule has 0 saturated carbocycles. The van der Waals surface area contributed by atoms with Gasteiger partial charge in [0, 0.05) is 11.1 Å². The average molecular weight is 474 g/mol. The van der Waals surface area contributed by atoms with Crippen LogP contribution in [0.15, 0.2) is 115 Å². The summed E-state index contributed by atoms with van der Waals surface area (Å²) in [5, 5.41) is 10.8. The molecule has 1 heterocycles. The van der Waals surface area contributed by atoms with Crippen molar-refractivity contribution in [3.8, 4) is 28.3 Å². The zero-order chi connectivity index (χ0) is 24.7. The minimum absolute atomic E-state index is 0.104. The van der Waals surface area contributed by atoms with E-state index < -0.39 is 0 Å². The molecule has 0 aliphatic carbocycles. The molecule has 5 aromatic rings. The molecule has 0 fully saturated rings. The molecule has 5 nitrogen and oxygen atoms in total. The Bertz CT molecular complexity index is 1430. The van der Waals surface area contributed by atoms with Crippen LogP contribution in [-0.4, -0.2) is 23.2 Å². The van der Waals surface area contributed by atoms with Crippen molar-refractivity contribution in [1.82, 2.24) is 15.5 Å². The summed E-state index contributed by atoms with van der Waals surface area (Å²) in [6.45, 7) is 0. The van der Waals surface area contributed by atoms with Gasteiger partial charge in [-0.15, -0.1) is 0 Å². The van der Waals surface area contributed by atoms with Crippen molar-refractivity contribution in [3.63, 3.8) is 0 Å². The fraction of sp³-hybridized carbons (Fsp3) is 0.0968. The van der Waals surface area contributed by atoms with Crippen molar-refractivity contribution in [2.24, 2.45) is 0 Å². The van der Waals surface area contributed by atoms with E-state index in [1.165, 1.54) is 5.56 Å². The molecular formula is C31H27N3O2. The van der Waals surface area contributed by atoms with Crippen LogP contribution in [0.4, 0.5) is 0 Å². The number of methoxy groups -OCH3 is 1. The highest BCUT2D eigenvalue weighted by molar-refractivity contribution is 5.95. The van der Waals surface area contributed by atoms with Gasteiger partial charge < -0.3 is 10.1 Å². The van der Waals surface area contributed by atoms with Crippen LogP contribution in [0, 0.1) is 0 Å². The summed E-state index contributed by atoms with van der Waals surface area (Å²) in [4.78, 5) is 13.2. The van der Waals surface area contributed by atoms with Crippen LogP contribution in [0.5, 0.6) is 5.75 Å². The van der Waals surface area contributed by atoms with E-state index in [1.807, 2.05) is 91.0 Å². The van der Waals surface area contributed by atoms with E-state index >= 15 is 0 Å². The van der Waals surface area contributed by atoms with Gasteiger partial charge in [0.05, 0.1) is 24.5 Å². The highest BCUT2D eigenvalue weighted by atomic mass is 16.5. The summed E-state index contributed by atoms with van der Waals surface area (Å²) < 4.78 is 5.32. The largest absolute Gasteiger partial charge is 0.497 e. The van der Waals surface area contributed by atoms with E-state index in [0.717, 1.165) is 40.2 Å². The third kappa shape index (κ3) is 5.36. The van der Waals surface area contributed by atoms with Crippen molar-refractivity contribution in [2.45, 2.75) is 12.5 Å². The van der Waals surface area contributed by atoms with E-state index in [-0.39, 0.29) is 11.9 Å². The van der Waals surface area contributed by atoms with Gasteiger partial charge in [-0.25, -0.2) is 0 Å². The molecule has 5 rings (SSSR count). The predicted octanol–water partition coefficient (Wildman–Crippen LogP) is 6.47. The molecule has 0 radical (unpaired) electrons. The van der Waals surface area contributed by atoms with Crippen LogP contribution in [0.3, 0.4) is 0 Å². The number of carbonyl (C=O) groups excluding carboxylic acids is 1. The van der Waals surface area contributed by atoms with Gasteiger partial charge in [-0.05, 0) is 53.4 Å². The lowest BCUT2D eigenvalue weighted by atomic mass is 9.98. The van der Waals surface area contributed by atoms with Crippen molar-refractivity contribution >= 4 is 5.91 Å². The molecule has 0 spiro atoms. The van der Waals surface area contributed by atoms with E-state index in [2.05, 4.69) is 39.8 Å². The van der Waals surface area contributed by atoms with E-state index in [0.29, 0.717) is 5.56 Å². The fourth-order valence-corrected chi connectivity index (χ4v) is 4.23. The van der Waals surface area contributed by atoms with Gasteiger partial charge in [-0.1, -0.05) is 84.9 Å². The summed E-state index contributed by atoms with van der Waals surface area (Å²) in [6, 6.07) is 37.5. The topological polar surface area (TPSA) is 67.0 Å². The monoisotopic (exact) mass is 473 g/mol. The molecule has 36 heavy (non-hydrogen) atoms. The first-order valence-electron chi connectivity index (χ1n) is 11.9. The van der Waals surface area contributed by atoms with Crippen LogP contribution in [0.2, 0.25) is 0 Å². The lowest BCUT2D eigenvalue weighted by molar-refractivity contribution is 0.0936. The fourth-order valence-electron chi connectivity index (χ4n) is 4.23. The lowest BCUT2D eigenvalue weighted by Crippen LogP contribution is -2.30. The lowest BCUT2D eigenvalue weighted by Gasteiger charge is -2.20. The molecule has 0 aliphatic rings. The standard InChI is InChI=1S/C31H27N3O2/c1-36-27-14-8-13-26(20-27)30-21-29(33-34-30)24-15-17-25(18-16-24)31(35)32-28(23-11-6-3-7-12-23)19-22-9-4-2-5-10-22/h2-18,20-21,28H,19H2,1H3,(H,32,35)(H,33,34)/t28-/m0/s1.